The maximum Gasteiger partial charge on any atom is 0.328 e. The predicted molar refractivity (Wildman–Crippen MR) is 126 cm³/mol. The highest BCUT2D eigenvalue weighted by molar-refractivity contribution is 6.30. The van der Waals surface area contributed by atoms with Gasteiger partial charge < -0.3 is 18.9 Å². The highest BCUT2D eigenvalue weighted by Crippen LogP contribution is 2.62. The van der Waals surface area contributed by atoms with Crippen molar-refractivity contribution in [1.29, 1.82) is 0 Å². The zero-order valence-corrected chi connectivity index (χ0v) is 20.7. The lowest BCUT2D eigenvalue weighted by Crippen LogP contribution is -2.63. The molecule has 5 rings (SSSR count). The second-order valence-corrected chi connectivity index (χ2v) is 10.7. The summed E-state index contributed by atoms with van der Waals surface area (Å²) in [4.78, 5) is 27.8. The van der Waals surface area contributed by atoms with Crippen molar-refractivity contribution in [2.24, 2.45) is 5.41 Å². The molecule has 3 aliphatic rings. The van der Waals surface area contributed by atoms with Gasteiger partial charge in [0.2, 0.25) is 0 Å². The number of carbonyl (C=O) groups excluding carboxylic acids is 2. The average molecular weight is 505 g/mol. The van der Waals surface area contributed by atoms with Crippen molar-refractivity contribution in [2.45, 2.75) is 63.1 Å². The summed E-state index contributed by atoms with van der Waals surface area (Å²) in [5.74, 6) is -4.84. The highest BCUT2D eigenvalue weighted by atomic mass is 35.5. The normalized spacial score (nSPS) is 32.0. The fourth-order valence-corrected chi connectivity index (χ4v) is 5.88. The number of benzene rings is 2. The Hall–Kier alpha value is -2.12. The molecule has 2 aromatic carbocycles. The van der Waals surface area contributed by atoms with Gasteiger partial charge in [-0.3, -0.25) is 9.59 Å². The number of hydrogen-bond acceptors (Lipinski definition) is 6. The predicted octanol–water partition coefficient (Wildman–Crippen LogP) is 5.61. The molecule has 3 fully saturated rings. The first kappa shape index (κ1) is 23.6. The van der Waals surface area contributed by atoms with Gasteiger partial charge in [-0.15, -0.1) is 0 Å². The van der Waals surface area contributed by atoms with E-state index < -0.39 is 40.8 Å². The quantitative estimate of drug-likeness (QED) is 0.391. The molecule has 2 aromatic rings. The van der Waals surface area contributed by atoms with Crippen molar-refractivity contribution in [1.82, 2.24) is 0 Å². The van der Waals surface area contributed by atoms with E-state index in [1.54, 1.807) is 38.1 Å². The standard InChI is InChI=1S/C26H26Cl2O6/c1-15-14-31-25(32-15)12-20(16-4-8-18(27)9-5-16)26(22(29)33-24(2,3)34-23(26)30)21(13-25)17-6-10-19(28)11-7-17/h4-11,15,20-21H,12-14H2,1-3H3/t15-,20-,21+,25?/m0/s1. The van der Waals surface area contributed by atoms with E-state index in [9.17, 15) is 9.59 Å². The maximum absolute atomic E-state index is 13.9. The third-order valence-electron chi connectivity index (χ3n) is 7.02. The molecule has 1 aliphatic carbocycles. The Kier molecular flexibility index (Phi) is 5.72. The van der Waals surface area contributed by atoms with E-state index in [1.165, 1.54) is 0 Å². The second-order valence-electron chi connectivity index (χ2n) is 9.81. The van der Waals surface area contributed by atoms with Crippen LogP contribution in [0.1, 0.15) is 56.6 Å². The van der Waals surface area contributed by atoms with Crippen LogP contribution in [-0.2, 0) is 28.5 Å². The van der Waals surface area contributed by atoms with Crippen molar-refractivity contribution < 1.29 is 28.5 Å². The molecule has 2 heterocycles. The number of esters is 2. The average Bonchev–Trinajstić information content (AvgIpc) is 3.12. The Morgan fingerprint density at radius 2 is 1.24 bits per heavy atom. The molecule has 4 atom stereocenters. The summed E-state index contributed by atoms with van der Waals surface area (Å²) < 4.78 is 24.0. The van der Waals surface area contributed by atoms with E-state index in [2.05, 4.69) is 0 Å². The molecule has 0 bridgehead atoms. The Bertz CT molecular complexity index is 1030. The lowest BCUT2D eigenvalue weighted by atomic mass is 9.54. The lowest BCUT2D eigenvalue weighted by Gasteiger charge is -2.54. The fraction of sp³-hybridized carbons (Fsp3) is 0.462. The Morgan fingerprint density at radius 1 is 0.794 bits per heavy atom. The van der Waals surface area contributed by atoms with Crippen molar-refractivity contribution in [3.05, 3.63) is 69.7 Å². The smallest absolute Gasteiger partial charge is 0.328 e. The number of halogens is 2. The number of ether oxygens (including phenoxy) is 4. The molecule has 2 aliphatic heterocycles. The first-order valence-corrected chi connectivity index (χ1v) is 12.1. The zero-order valence-electron chi connectivity index (χ0n) is 19.2. The van der Waals surface area contributed by atoms with Crippen LogP contribution in [0.3, 0.4) is 0 Å². The number of carbonyl (C=O) groups is 2. The molecule has 1 unspecified atom stereocenters. The van der Waals surface area contributed by atoms with Crippen LogP contribution in [0.4, 0.5) is 0 Å². The summed E-state index contributed by atoms with van der Waals surface area (Å²) in [5.41, 5.74) is -0.133. The van der Waals surface area contributed by atoms with Gasteiger partial charge in [0.1, 0.15) is 0 Å². The second kappa shape index (κ2) is 8.23. The van der Waals surface area contributed by atoms with Crippen LogP contribution in [0.5, 0.6) is 0 Å². The first-order chi connectivity index (χ1) is 16.0. The minimum Gasteiger partial charge on any atom is -0.422 e. The largest absolute Gasteiger partial charge is 0.422 e. The molecule has 0 amide bonds. The summed E-state index contributed by atoms with van der Waals surface area (Å²) in [5, 5.41) is 1.10. The van der Waals surface area contributed by atoms with Gasteiger partial charge in [0.15, 0.2) is 11.2 Å². The lowest BCUT2D eigenvalue weighted by molar-refractivity contribution is -0.269. The monoisotopic (exact) mass is 504 g/mol. The molecule has 0 aromatic heterocycles. The summed E-state index contributed by atoms with van der Waals surface area (Å²) in [7, 11) is 0. The highest BCUT2D eigenvalue weighted by Gasteiger charge is 2.70. The van der Waals surface area contributed by atoms with E-state index in [1.807, 2.05) is 31.2 Å². The van der Waals surface area contributed by atoms with Gasteiger partial charge in [-0.1, -0.05) is 47.5 Å². The molecule has 0 radical (unpaired) electrons. The number of cyclic esters (lactones) is 2. The molecule has 1 saturated carbocycles. The van der Waals surface area contributed by atoms with Crippen LogP contribution in [0.15, 0.2) is 48.5 Å². The molecule has 6 nitrogen and oxygen atoms in total. The molecule has 34 heavy (non-hydrogen) atoms. The van der Waals surface area contributed by atoms with Crippen LogP contribution in [0.25, 0.3) is 0 Å². The fourth-order valence-electron chi connectivity index (χ4n) is 5.63. The number of hydrogen-bond donors (Lipinski definition) is 0. The summed E-state index contributed by atoms with van der Waals surface area (Å²) in [6.07, 6.45) is 0.455. The van der Waals surface area contributed by atoms with Gasteiger partial charge in [0.25, 0.3) is 5.79 Å². The Morgan fingerprint density at radius 3 is 1.62 bits per heavy atom. The first-order valence-electron chi connectivity index (χ1n) is 11.3. The van der Waals surface area contributed by atoms with Crippen LogP contribution in [0, 0.1) is 5.41 Å². The van der Waals surface area contributed by atoms with Crippen molar-refractivity contribution in [2.75, 3.05) is 6.61 Å². The molecular weight excluding hydrogens is 479 g/mol. The van der Waals surface area contributed by atoms with Crippen molar-refractivity contribution >= 4 is 35.1 Å². The van der Waals surface area contributed by atoms with Gasteiger partial charge in [0.05, 0.1) is 12.7 Å². The van der Waals surface area contributed by atoms with Crippen molar-refractivity contribution in [3.8, 4) is 0 Å². The minimum atomic E-state index is -1.64. The minimum absolute atomic E-state index is 0.116. The van der Waals surface area contributed by atoms with Crippen LogP contribution in [-0.4, -0.2) is 36.2 Å². The van der Waals surface area contributed by atoms with Crippen molar-refractivity contribution in [3.63, 3.8) is 0 Å². The summed E-state index contributed by atoms with van der Waals surface area (Å²) >= 11 is 12.3. The molecule has 2 saturated heterocycles. The summed E-state index contributed by atoms with van der Waals surface area (Å²) in [6.45, 7) is 5.48. The Balaban J connectivity index is 1.73. The van der Waals surface area contributed by atoms with Gasteiger partial charge in [-0.25, -0.2) is 0 Å². The third kappa shape index (κ3) is 3.81. The van der Waals surface area contributed by atoms with E-state index >= 15 is 0 Å². The van der Waals surface area contributed by atoms with Gasteiger partial charge >= 0.3 is 11.9 Å². The van der Waals surface area contributed by atoms with Crippen LogP contribution >= 0.6 is 23.2 Å². The van der Waals surface area contributed by atoms with Crippen LogP contribution in [0.2, 0.25) is 10.0 Å². The molecule has 0 N–H and O–H groups in total. The van der Waals surface area contributed by atoms with E-state index in [0.717, 1.165) is 11.1 Å². The van der Waals surface area contributed by atoms with E-state index in [0.29, 0.717) is 16.7 Å². The summed E-state index contributed by atoms with van der Waals surface area (Å²) in [6, 6.07) is 14.3. The van der Waals surface area contributed by atoms with Gasteiger partial charge in [-0.2, -0.15) is 0 Å². The SMILES string of the molecule is C[C@H]1COC2(C[C@H](c3ccc(Cl)cc3)C3(C(=O)OC(C)(C)OC3=O)[C@H](c3ccc(Cl)cc3)C2)O1. The molecule has 180 valence electrons. The molecule has 8 heteroatoms. The Labute approximate surface area is 208 Å². The third-order valence-corrected chi connectivity index (χ3v) is 7.53. The maximum atomic E-state index is 13.9. The molecular formula is C26H26Cl2O6. The zero-order chi connectivity index (χ0) is 24.3. The molecule has 2 spiro atoms. The van der Waals surface area contributed by atoms with Crippen LogP contribution < -0.4 is 0 Å². The number of rotatable bonds is 2. The van der Waals surface area contributed by atoms with Gasteiger partial charge in [0, 0.05) is 48.6 Å². The van der Waals surface area contributed by atoms with E-state index in [-0.39, 0.29) is 18.9 Å². The van der Waals surface area contributed by atoms with Gasteiger partial charge in [-0.05, 0) is 42.3 Å². The topological polar surface area (TPSA) is 71.1 Å². The van der Waals surface area contributed by atoms with E-state index in [4.69, 9.17) is 42.1 Å².